The van der Waals surface area contributed by atoms with E-state index < -0.39 is 11.6 Å². The molecule has 2 aliphatic rings. The Morgan fingerprint density at radius 2 is 1.94 bits per heavy atom. The molecule has 2 atom stereocenters. The van der Waals surface area contributed by atoms with E-state index in [0.29, 0.717) is 41.1 Å². The summed E-state index contributed by atoms with van der Waals surface area (Å²) in [4.78, 5) is 18.1. The van der Waals surface area contributed by atoms with E-state index in [1.165, 1.54) is 23.5 Å². The standard InChI is InChI=1S/C24H25F2N7OS/c1-13-10-32(12-19(34-13)14-9-27-33(11-14)16-5-6-16)23-28-20(17-7-4-15(25)8-18(17)26)21-22(29-23)30-24(35-21)31(2)3/h4,7-9,11,13,16,19H,5-6,10,12H2,1-3H3. The molecule has 1 saturated heterocycles. The van der Waals surface area contributed by atoms with Crippen molar-refractivity contribution in [2.24, 2.45) is 0 Å². The topological polar surface area (TPSA) is 72.2 Å². The second-order valence-corrected chi connectivity index (χ2v) is 10.3. The molecule has 3 aromatic heterocycles. The van der Waals surface area contributed by atoms with Gasteiger partial charge < -0.3 is 14.5 Å². The van der Waals surface area contributed by atoms with Gasteiger partial charge in [-0.3, -0.25) is 4.68 Å². The highest BCUT2D eigenvalue weighted by Crippen LogP contribution is 2.38. The molecule has 2 unspecified atom stereocenters. The van der Waals surface area contributed by atoms with Crippen molar-refractivity contribution in [3.63, 3.8) is 0 Å². The number of anilines is 2. The van der Waals surface area contributed by atoms with Gasteiger partial charge in [0.2, 0.25) is 5.95 Å². The summed E-state index contributed by atoms with van der Waals surface area (Å²) in [5, 5.41) is 5.24. The quantitative estimate of drug-likeness (QED) is 0.399. The van der Waals surface area contributed by atoms with Crippen LogP contribution in [0.15, 0.2) is 30.6 Å². The maximum Gasteiger partial charge on any atom is 0.228 e. The Balaban J connectivity index is 1.41. The number of halogens is 2. The molecule has 1 aromatic carbocycles. The van der Waals surface area contributed by atoms with Crippen molar-refractivity contribution in [3.05, 3.63) is 47.8 Å². The smallest absolute Gasteiger partial charge is 0.228 e. The summed E-state index contributed by atoms with van der Waals surface area (Å²) in [6.45, 7) is 3.12. The minimum absolute atomic E-state index is 0.0731. The highest BCUT2D eigenvalue weighted by molar-refractivity contribution is 7.22. The fourth-order valence-corrected chi connectivity index (χ4v) is 5.29. The van der Waals surface area contributed by atoms with Crippen LogP contribution < -0.4 is 9.80 Å². The largest absolute Gasteiger partial charge is 0.367 e. The molecule has 11 heteroatoms. The number of benzene rings is 1. The van der Waals surface area contributed by atoms with Gasteiger partial charge in [-0.2, -0.15) is 15.1 Å². The van der Waals surface area contributed by atoms with E-state index in [-0.39, 0.29) is 17.8 Å². The van der Waals surface area contributed by atoms with E-state index in [4.69, 9.17) is 14.7 Å². The number of thiazole rings is 1. The van der Waals surface area contributed by atoms with Crippen molar-refractivity contribution in [1.82, 2.24) is 24.7 Å². The second kappa shape index (κ2) is 8.49. The number of morpholine rings is 1. The molecule has 0 spiro atoms. The molecule has 1 aliphatic carbocycles. The zero-order valence-electron chi connectivity index (χ0n) is 19.7. The summed E-state index contributed by atoms with van der Waals surface area (Å²) in [5.41, 5.74) is 2.13. The summed E-state index contributed by atoms with van der Waals surface area (Å²) in [6, 6.07) is 4.03. The summed E-state index contributed by atoms with van der Waals surface area (Å²) in [7, 11) is 3.78. The van der Waals surface area contributed by atoms with Crippen LogP contribution in [0.2, 0.25) is 0 Å². The van der Waals surface area contributed by atoms with Crippen LogP contribution in [0.5, 0.6) is 0 Å². The Kier molecular flexibility index (Phi) is 5.41. The van der Waals surface area contributed by atoms with Gasteiger partial charge in [0.1, 0.15) is 22.4 Å². The third-order valence-electron chi connectivity index (χ3n) is 6.26. The number of ether oxygens (including phenoxy) is 1. The summed E-state index contributed by atoms with van der Waals surface area (Å²) < 4.78 is 37.4. The number of rotatable bonds is 5. The molecule has 0 amide bonds. The van der Waals surface area contributed by atoms with Crippen molar-refractivity contribution in [3.8, 4) is 11.3 Å². The molecular formula is C24H25F2N7OS. The van der Waals surface area contributed by atoms with Crippen molar-refractivity contribution >= 4 is 32.8 Å². The Morgan fingerprint density at radius 3 is 2.69 bits per heavy atom. The first-order valence-corrected chi connectivity index (χ1v) is 12.4. The zero-order chi connectivity index (χ0) is 24.3. The van der Waals surface area contributed by atoms with Gasteiger partial charge in [-0.05, 0) is 31.9 Å². The molecule has 4 heterocycles. The van der Waals surface area contributed by atoms with E-state index in [9.17, 15) is 8.78 Å². The number of hydrogen-bond acceptors (Lipinski definition) is 8. The number of fused-ring (bicyclic) bond motifs is 1. The minimum Gasteiger partial charge on any atom is -0.367 e. The number of aromatic nitrogens is 5. The van der Waals surface area contributed by atoms with E-state index in [1.807, 2.05) is 41.7 Å². The normalized spacial score (nSPS) is 20.5. The molecule has 6 rings (SSSR count). The van der Waals surface area contributed by atoms with Crippen LogP contribution in [0.25, 0.3) is 21.6 Å². The fourth-order valence-electron chi connectivity index (χ4n) is 4.35. The Morgan fingerprint density at radius 1 is 1.11 bits per heavy atom. The van der Waals surface area contributed by atoms with Crippen molar-refractivity contribution < 1.29 is 13.5 Å². The molecule has 0 N–H and O–H groups in total. The highest BCUT2D eigenvalue weighted by atomic mass is 32.1. The Bertz CT molecular complexity index is 1400. The van der Waals surface area contributed by atoms with Crippen LogP contribution in [0.4, 0.5) is 19.9 Å². The van der Waals surface area contributed by atoms with Gasteiger partial charge in [0, 0.05) is 44.0 Å². The number of nitrogens with zero attached hydrogens (tertiary/aromatic N) is 7. The van der Waals surface area contributed by atoms with Crippen LogP contribution in [0.1, 0.15) is 37.5 Å². The van der Waals surface area contributed by atoms with E-state index in [2.05, 4.69) is 16.3 Å². The fraction of sp³-hybridized carbons (Fsp3) is 0.417. The maximum atomic E-state index is 14.9. The molecule has 0 radical (unpaired) electrons. The average Bonchev–Trinajstić information content (AvgIpc) is 3.38. The Labute approximate surface area is 205 Å². The predicted molar refractivity (Wildman–Crippen MR) is 131 cm³/mol. The van der Waals surface area contributed by atoms with Crippen LogP contribution >= 0.6 is 11.3 Å². The van der Waals surface area contributed by atoms with Crippen LogP contribution in [0.3, 0.4) is 0 Å². The number of hydrogen-bond donors (Lipinski definition) is 0. The monoisotopic (exact) mass is 497 g/mol. The average molecular weight is 498 g/mol. The summed E-state index contributed by atoms with van der Waals surface area (Å²) in [6.07, 6.45) is 5.99. The maximum absolute atomic E-state index is 14.9. The summed E-state index contributed by atoms with van der Waals surface area (Å²) in [5.74, 6) is -0.857. The predicted octanol–water partition coefficient (Wildman–Crippen LogP) is 4.60. The van der Waals surface area contributed by atoms with E-state index in [1.54, 1.807) is 0 Å². The zero-order valence-corrected chi connectivity index (χ0v) is 20.5. The van der Waals surface area contributed by atoms with Crippen molar-refractivity contribution in [1.29, 1.82) is 0 Å². The minimum atomic E-state index is -0.670. The lowest BCUT2D eigenvalue weighted by atomic mass is 10.1. The van der Waals surface area contributed by atoms with Crippen LogP contribution in [0, 0.1) is 11.6 Å². The molecule has 0 bridgehead atoms. The first-order valence-electron chi connectivity index (χ1n) is 11.6. The highest BCUT2D eigenvalue weighted by Gasteiger charge is 2.32. The summed E-state index contributed by atoms with van der Waals surface area (Å²) >= 11 is 1.38. The van der Waals surface area contributed by atoms with Gasteiger partial charge in [0.15, 0.2) is 10.8 Å². The lowest BCUT2D eigenvalue weighted by Gasteiger charge is -2.36. The molecule has 8 nitrogen and oxygen atoms in total. The van der Waals surface area contributed by atoms with Gasteiger partial charge in [0.25, 0.3) is 0 Å². The molecule has 182 valence electrons. The molecule has 2 fully saturated rings. The van der Waals surface area contributed by atoms with Crippen molar-refractivity contribution in [2.45, 2.75) is 38.0 Å². The van der Waals surface area contributed by atoms with Gasteiger partial charge >= 0.3 is 0 Å². The Hall–Kier alpha value is -3.18. The van der Waals surface area contributed by atoms with Gasteiger partial charge in [-0.25, -0.2) is 13.8 Å². The van der Waals surface area contributed by atoms with Gasteiger partial charge in [0.05, 0.1) is 30.6 Å². The second-order valence-electron chi connectivity index (χ2n) is 9.37. The van der Waals surface area contributed by atoms with Gasteiger partial charge in [-0.15, -0.1) is 0 Å². The molecule has 4 aromatic rings. The molecule has 35 heavy (non-hydrogen) atoms. The van der Waals surface area contributed by atoms with Crippen LogP contribution in [-0.2, 0) is 4.74 Å². The van der Waals surface area contributed by atoms with E-state index in [0.717, 1.165) is 29.6 Å². The first kappa shape index (κ1) is 22.3. The molecular weight excluding hydrogens is 472 g/mol. The first-order chi connectivity index (χ1) is 16.9. The lowest BCUT2D eigenvalue weighted by Crippen LogP contribution is -2.43. The van der Waals surface area contributed by atoms with Crippen LogP contribution in [-0.4, -0.2) is 58.0 Å². The lowest BCUT2D eigenvalue weighted by molar-refractivity contribution is -0.0178. The van der Waals surface area contributed by atoms with E-state index >= 15 is 0 Å². The molecule has 1 saturated carbocycles. The third kappa shape index (κ3) is 4.23. The third-order valence-corrected chi connectivity index (χ3v) is 7.48. The van der Waals surface area contributed by atoms with Gasteiger partial charge in [-0.1, -0.05) is 11.3 Å². The molecule has 1 aliphatic heterocycles. The SMILES string of the molecule is CC1CN(c2nc(-c3ccc(F)cc3F)c3sc(N(C)C)nc3n2)CC(c2cnn(C3CC3)c2)O1. The van der Waals surface area contributed by atoms with Crippen molar-refractivity contribution in [2.75, 3.05) is 37.0 Å².